The molecule has 0 aliphatic heterocycles. The molecule has 0 aromatic carbocycles. The topological polar surface area (TPSA) is 38.0 Å². The van der Waals surface area contributed by atoms with Gasteiger partial charge in [0.2, 0.25) is 0 Å². The quantitative estimate of drug-likeness (QED) is 0.450. The Morgan fingerprint density at radius 1 is 1.73 bits per heavy atom. The Balaban J connectivity index is 3.14. The van der Waals surface area contributed by atoms with Crippen LogP contribution in [0, 0.1) is 5.92 Å². The maximum absolute atomic E-state index is 5.32. The van der Waals surface area contributed by atoms with Gasteiger partial charge in [-0.2, -0.15) is 0 Å². The third kappa shape index (κ3) is 6.97. The first-order valence-electron chi connectivity index (χ1n) is 3.97. The van der Waals surface area contributed by atoms with Crippen LogP contribution >= 0.6 is 0 Å². The summed E-state index contributed by atoms with van der Waals surface area (Å²) < 4.78 is 0. The van der Waals surface area contributed by atoms with Gasteiger partial charge in [-0.25, -0.2) is 0 Å². The molecule has 0 rings (SSSR count). The van der Waals surface area contributed by atoms with Gasteiger partial charge in [0, 0.05) is 6.54 Å². The van der Waals surface area contributed by atoms with Gasteiger partial charge in [-0.05, 0) is 18.8 Å². The van der Waals surface area contributed by atoms with E-state index < -0.39 is 0 Å². The molecule has 0 aromatic rings. The van der Waals surface area contributed by atoms with Crippen LogP contribution in [-0.4, -0.2) is 6.54 Å². The minimum absolute atomic E-state index is 0.552. The Morgan fingerprint density at radius 3 is 2.82 bits per heavy atom. The standard InChI is InChI=1S/C9H18N2/c1-4-8(2)6-5-7-11-9(3)10/h4,8,11H,1,3,5-7,10H2,2H3. The van der Waals surface area contributed by atoms with Crippen LogP contribution in [-0.2, 0) is 0 Å². The van der Waals surface area contributed by atoms with Gasteiger partial charge >= 0.3 is 0 Å². The van der Waals surface area contributed by atoms with Crippen molar-refractivity contribution in [2.75, 3.05) is 6.54 Å². The third-order valence-electron chi connectivity index (χ3n) is 1.59. The van der Waals surface area contributed by atoms with Crippen molar-refractivity contribution in [1.29, 1.82) is 0 Å². The van der Waals surface area contributed by atoms with E-state index in [4.69, 9.17) is 5.73 Å². The van der Waals surface area contributed by atoms with Crippen LogP contribution in [0.1, 0.15) is 19.8 Å². The van der Waals surface area contributed by atoms with E-state index in [1.54, 1.807) is 0 Å². The zero-order valence-corrected chi connectivity index (χ0v) is 7.27. The van der Waals surface area contributed by atoms with Crippen molar-refractivity contribution in [3.05, 3.63) is 25.1 Å². The van der Waals surface area contributed by atoms with E-state index in [1.807, 2.05) is 6.08 Å². The molecule has 0 fully saturated rings. The van der Waals surface area contributed by atoms with Crippen LogP contribution in [0.3, 0.4) is 0 Å². The van der Waals surface area contributed by atoms with Crippen LogP contribution in [0.2, 0.25) is 0 Å². The van der Waals surface area contributed by atoms with Crippen molar-refractivity contribution >= 4 is 0 Å². The molecular weight excluding hydrogens is 136 g/mol. The smallest absolute Gasteiger partial charge is 0.0885 e. The molecule has 1 atom stereocenters. The molecule has 2 heteroatoms. The molecule has 0 saturated carbocycles. The maximum Gasteiger partial charge on any atom is 0.0885 e. The number of nitrogens with one attached hydrogen (secondary N) is 1. The van der Waals surface area contributed by atoms with Gasteiger partial charge in [-0.3, -0.25) is 0 Å². The first kappa shape index (κ1) is 10.1. The fraction of sp³-hybridized carbons (Fsp3) is 0.556. The van der Waals surface area contributed by atoms with E-state index in [1.165, 1.54) is 0 Å². The summed E-state index contributed by atoms with van der Waals surface area (Å²) >= 11 is 0. The molecule has 11 heavy (non-hydrogen) atoms. The van der Waals surface area contributed by atoms with Gasteiger partial charge < -0.3 is 11.1 Å². The Kier molecular flexibility index (Phi) is 5.35. The highest BCUT2D eigenvalue weighted by Crippen LogP contribution is 2.04. The van der Waals surface area contributed by atoms with Gasteiger partial charge in [-0.1, -0.05) is 19.6 Å². The Morgan fingerprint density at radius 2 is 2.36 bits per heavy atom. The van der Waals surface area contributed by atoms with Crippen LogP contribution in [0.25, 0.3) is 0 Å². The minimum atomic E-state index is 0.552. The molecule has 0 aliphatic rings. The lowest BCUT2D eigenvalue weighted by Crippen LogP contribution is -2.20. The van der Waals surface area contributed by atoms with Gasteiger partial charge in [0.15, 0.2) is 0 Å². The van der Waals surface area contributed by atoms with Crippen LogP contribution < -0.4 is 11.1 Å². The fourth-order valence-corrected chi connectivity index (χ4v) is 0.791. The number of nitrogens with two attached hydrogens (primary N) is 1. The Labute approximate surface area is 69.2 Å². The number of allylic oxidation sites excluding steroid dienone is 1. The molecule has 0 aromatic heterocycles. The van der Waals surface area contributed by atoms with E-state index in [-0.39, 0.29) is 0 Å². The zero-order chi connectivity index (χ0) is 8.69. The summed E-state index contributed by atoms with van der Waals surface area (Å²) in [6, 6.07) is 0. The summed E-state index contributed by atoms with van der Waals surface area (Å²) in [5, 5.41) is 2.97. The van der Waals surface area contributed by atoms with Gasteiger partial charge in [0.05, 0.1) is 5.82 Å². The predicted molar refractivity (Wildman–Crippen MR) is 49.9 cm³/mol. The normalized spacial score (nSPS) is 12.1. The van der Waals surface area contributed by atoms with E-state index in [2.05, 4.69) is 25.4 Å². The predicted octanol–water partition coefficient (Wildman–Crippen LogP) is 1.61. The van der Waals surface area contributed by atoms with Crippen molar-refractivity contribution < 1.29 is 0 Å². The summed E-state index contributed by atoms with van der Waals surface area (Å²) in [6.45, 7) is 10.3. The molecule has 1 unspecified atom stereocenters. The summed E-state index contributed by atoms with van der Waals surface area (Å²) in [6.07, 6.45) is 4.24. The van der Waals surface area contributed by atoms with Crippen molar-refractivity contribution in [3.63, 3.8) is 0 Å². The highest BCUT2D eigenvalue weighted by molar-refractivity contribution is 4.82. The zero-order valence-electron chi connectivity index (χ0n) is 7.27. The Bertz CT molecular complexity index is 130. The first-order valence-corrected chi connectivity index (χ1v) is 3.97. The number of hydrogen-bond donors (Lipinski definition) is 2. The fourth-order valence-electron chi connectivity index (χ4n) is 0.791. The SMILES string of the molecule is C=CC(C)CCCNC(=C)N. The number of hydrogen-bond acceptors (Lipinski definition) is 2. The molecule has 64 valence electrons. The summed E-state index contributed by atoms with van der Waals surface area (Å²) in [5.74, 6) is 1.15. The summed E-state index contributed by atoms with van der Waals surface area (Å²) in [5.41, 5.74) is 5.32. The highest BCUT2D eigenvalue weighted by atomic mass is 15.0. The van der Waals surface area contributed by atoms with Crippen LogP contribution in [0.5, 0.6) is 0 Å². The molecular formula is C9H18N2. The first-order chi connectivity index (χ1) is 5.16. The molecule has 0 bridgehead atoms. The second-order valence-electron chi connectivity index (χ2n) is 2.81. The third-order valence-corrected chi connectivity index (χ3v) is 1.59. The lowest BCUT2D eigenvalue weighted by molar-refractivity contribution is 0.586. The van der Waals surface area contributed by atoms with E-state index in [0.717, 1.165) is 19.4 Å². The molecule has 0 aliphatic carbocycles. The van der Waals surface area contributed by atoms with Crippen LogP contribution in [0.4, 0.5) is 0 Å². The largest absolute Gasteiger partial charge is 0.386 e. The van der Waals surface area contributed by atoms with Gasteiger partial charge in [0.25, 0.3) is 0 Å². The van der Waals surface area contributed by atoms with Crippen molar-refractivity contribution in [2.24, 2.45) is 11.7 Å². The molecule has 2 nitrogen and oxygen atoms in total. The second-order valence-corrected chi connectivity index (χ2v) is 2.81. The lowest BCUT2D eigenvalue weighted by Gasteiger charge is -2.06. The van der Waals surface area contributed by atoms with Crippen molar-refractivity contribution in [3.8, 4) is 0 Å². The summed E-state index contributed by atoms with van der Waals surface area (Å²) in [7, 11) is 0. The molecule has 0 saturated heterocycles. The Hall–Kier alpha value is -0.920. The van der Waals surface area contributed by atoms with Crippen molar-refractivity contribution in [1.82, 2.24) is 5.32 Å². The average Bonchev–Trinajstić information content (AvgIpc) is 1.97. The van der Waals surface area contributed by atoms with Gasteiger partial charge in [-0.15, -0.1) is 6.58 Å². The molecule has 3 N–H and O–H groups in total. The number of rotatable bonds is 6. The average molecular weight is 154 g/mol. The monoisotopic (exact) mass is 154 g/mol. The highest BCUT2D eigenvalue weighted by Gasteiger charge is 1.94. The van der Waals surface area contributed by atoms with Crippen LogP contribution in [0.15, 0.2) is 25.1 Å². The van der Waals surface area contributed by atoms with E-state index in [0.29, 0.717) is 11.7 Å². The van der Waals surface area contributed by atoms with Gasteiger partial charge in [0.1, 0.15) is 0 Å². The molecule has 0 spiro atoms. The lowest BCUT2D eigenvalue weighted by atomic mass is 10.1. The van der Waals surface area contributed by atoms with E-state index in [9.17, 15) is 0 Å². The van der Waals surface area contributed by atoms with E-state index >= 15 is 0 Å². The summed E-state index contributed by atoms with van der Waals surface area (Å²) in [4.78, 5) is 0. The molecule has 0 amide bonds. The minimum Gasteiger partial charge on any atom is -0.386 e. The maximum atomic E-state index is 5.32. The second kappa shape index (κ2) is 5.83. The molecule has 0 radical (unpaired) electrons. The van der Waals surface area contributed by atoms with Crippen molar-refractivity contribution in [2.45, 2.75) is 19.8 Å². The molecule has 0 heterocycles.